The summed E-state index contributed by atoms with van der Waals surface area (Å²) >= 11 is 0. The molecule has 0 saturated carbocycles. The smallest absolute Gasteiger partial charge is 0.229 e. The van der Waals surface area contributed by atoms with Gasteiger partial charge in [0.2, 0.25) is 5.95 Å². The van der Waals surface area contributed by atoms with Crippen LogP contribution in [0, 0.1) is 6.92 Å². The molecule has 170 valence electrons. The van der Waals surface area contributed by atoms with Crippen molar-refractivity contribution < 1.29 is 14.6 Å². The fourth-order valence-electron chi connectivity index (χ4n) is 3.30. The monoisotopic (exact) mass is 430 g/mol. The summed E-state index contributed by atoms with van der Waals surface area (Å²) in [6.45, 7) is 7.03. The number of benzene rings is 1. The van der Waals surface area contributed by atoms with Crippen LogP contribution >= 0.6 is 0 Å². The normalized spacial score (nSPS) is 14.6. The Bertz CT molecular complexity index is 831. The summed E-state index contributed by atoms with van der Waals surface area (Å²) in [6, 6.07) is 7.37. The van der Waals surface area contributed by atoms with Gasteiger partial charge >= 0.3 is 0 Å². The Hall–Kier alpha value is -2.62. The number of hydrogen-bond acceptors (Lipinski definition) is 9. The highest BCUT2D eigenvalue weighted by molar-refractivity contribution is 5.60. The first kappa shape index (κ1) is 23.1. The van der Waals surface area contributed by atoms with Gasteiger partial charge in [-0.25, -0.2) is 4.98 Å². The highest BCUT2D eigenvalue weighted by Gasteiger charge is 2.13. The lowest BCUT2D eigenvalue weighted by Crippen LogP contribution is -2.39. The van der Waals surface area contributed by atoms with Crippen molar-refractivity contribution in [3.63, 3.8) is 0 Å². The molecule has 9 nitrogen and oxygen atoms in total. The molecule has 2 heterocycles. The summed E-state index contributed by atoms with van der Waals surface area (Å²) in [5.74, 6) is 2.37. The van der Waals surface area contributed by atoms with Crippen LogP contribution in [0.1, 0.15) is 18.5 Å². The summed E-state index contributed by atoms with van der Waals surface area (Å²) in [5.41, 5.74) is 1.62. The molecule has 0 spiro atoms. The van der Waals surface area contributed by atoms with Gasteiger partial charge in [-0.1, -0.05) is 0 Å². The topological polar surface area (TPSA) is 104 Å². The number of aromatic nitrogens is 2. The van der Waals surface area contributed by atoms with E-state index in [4.69, 9.17) is 9.47 Å². The summed E-state index contributed by atoms with van der Waals surface area (Å²) in [4.78, 5) is 11.3. The molecule has 1 aliphatic heterocycles. The molecule has 1 aromatic carbocycles. The van der Waals surface area contributed by atoms with E-state index in [1.54, 1.807) is 7.11 Å². The van der Waals surface area contributed by atoms with Crippen molar-refractivity contribution in [1.82, 2.24) is 20.2 Å². The Morgan fingerprint density at radius 3 is 2.74 bits per heavy atom. The number of rotatable bonds is 13. The summed E-state index contributed by atoms with van der Waals surface area (Å²) in [5, 5.41) is 19.8. The Morgan fingerprint density at radius 2 is 2.03 bits per heavy atom. The Labute approximate surface area is 184 Å². The first-order valence-electron chi connectivity index (χ1n) is 10.8. The number of methoxy groups -OCH3 is 1. The second-order valence-electron chi connectivity index (χ2n) is 7.68. The van der Waals surface area contributed by atoms with Crippen molar-refractivity contribution in [1.29, 1.82) is 0 Å². The van der Waals surface area contributed by atoms with Gasteiger partial charge in [-0.05, 0) is 58.1 Å². The minimum atomic E-state index is -0.608. The quantitative estimate of drug-likeness (QED) is 0.355. The van der Waals surface area contributed by atoms with Gasteiger partial charge in [-0.15, -0.1) is 0 Å². The minimum absolute atomic E-state index is 0.170. The Balaban J connectivity index is 1.49. The van der Waals surface area contributed by atoms with Crippen molar-refractivity contribution in [3.05, 3.63) is 30.0 Å². The highest BCUT2D eigenvalue weighted by Crippen LogP contribution is 2.31. The molecule has 3 rings (SSSR count). The van der Waals surface area contributed by atoms with Crippen molar-refractivity contribution in [3.8, 4) is 11.5 Å². The lowest BCUT2D eigenvalue weighted by Gasteiger charge is -2.30. The van der Waals surface area contributed by atoms with Gasteiger partial charge in [0.05, 0.1) is 7.11 Å². The zero-order valence-corrected chi connectivity index (χ0v) is 18.6. The lowest BCUT2D eigenvalue weighted by atomic mass is 10.2. The third kappa shape index (κ3) is 7.23. The molecule has 9 heteroatoms. The summed E-state index contributed by atoms with van der Waals surface area (Å²) < 4.78 is 11.2. The first-order chi connectivity index (χ1) is 15.1. The second kappa shape index (κ2) is 11.7. The van der Waals surface area contributed by atoms with Gasteiger partial charge in [0.25, 0.3) is 0 Å². The van der Waals surface area contributed by atoms with Crippen molar-refractivity contribution in [2.75, 3.05) is 64.1 Å². The molecule has 0 amide bonds. The number of aliphatic hydroxyl groups is 1. The fraction of sp³-hybridized carbons (Fsp3) is 0.545. The molecule has 1 aliphatic rings. The van der Waals surface area contributed by atoms with Crippen LogP contribution in [-0.2, 0) is 0 Å². The number of likely N-dealkylation sites (tertiary alicyclic amines) is 1. The van der Waals surface area contributed by atoms with E-state index >= 15 is 0 Å². The predicted octanol–water partition coefficient (Wildman–Crippen LogP) is 2.00. The number of aryl methyl sites for hydroxylation is 1. The maximum atomic E-state index is 10.3. The zero-order valence-electron chi connectivity index (χ0n) is 18.6. The third-order valence-electron chi connectivity index (χ3n) is 5.12. The number of ether oxygens (including phenoxy) is 2. The Morgan fingerprint density at radius 1 is 1.19 bits per heavy atom. The molecule has 0 radical (unpaired) electrons. The number of nitrogens with one attached hydrogen (secondary N) is 3. The van der Waals surface area contributed by atoms with E-state index in [0.717, 1.165) is 36.7 Å². The first-order valence-corrected chi connectivity index (χ1v) is 10.8. The van der Waals surface area contributed by atoms with E-state index in [-0.39, 0.29) is 6.61 Å². The molecule has 1 atom stereocenters. The zero-order chi connectivity index (χ0) is 22.1. The van der Waals surface area contributed by atoms with Crippen LogP contribution in [-0.4, -0.2) is 79.6 Å². The average molecular weight is 431 g/mol. The van der Waals surface area contributed by atoms with Gasteiger partial charge in [0.15, 0.2) is 11.5 Å². The van der Waals surface area contributed by atoms with Crippen LogP contribution in [0.4, 0.5) is 17.5 Å². The van der Waals surface area contributed by atoms with Crippen LogP contribution in [0.2, 0.25) is 0 Å². The fourth-order valence-corrected chi connectivity index (χ4v) is 3.30. The molecule has 2 aromatic rings. The SMILES string of the molecule is CNc1cc(C)nc(Nc2ccc(OC)c(OC[C@@H](O)CNCCCN3CCC3)c2)n1. The van der Waals surface area contributed by atoms with Gasteiger partial charge in [-0.3, -0.25) is 0 Å². The highest BCUT2D eigenvalue weighted by atomic mass is 16.5. The standard InChI is InChI=1S/C22H34N6O3/c1-16-12-21(23-2)27-22(25-16)26-17-6-7-19(30-3)20(13-17)31-15-18(29)14-24-8-4-9-28-10-5-11-28/h6-7,12-13,18,24,29H,4-5,8-11,14-15H2,1-3H3,(H2,23,25,26,27)/t18-/m0/s1. The molecule has 1 fully saturated rings. The lowest BCUT2D eigenvalue weighted by molar-refractivity contribution is 0.104. The van der Waals surface area contributed by atoms with Crippen LogP contribution in [0.5, 0.6) is 11.5 Å². The molecular formula is C22H34N6O3. The van der Waals surface area contributed by atoms with E-state index in [1.807, 2.05) is 38.2 Å². The summed E-state index contributed by atoms with van der Waals surface area (Å²) in [6.07, 6.45) is 1.80. The van der Waals surface area contributed by atoms with E-state index in [9.17, 15) is 5.11 Å². The van der Waals surface area contributed by atoms with E-state index < -0.39 is 6.10 Å². The minimum Gasteiger partial charge on any atom is -0.493 e. The van der Waals surface area contributed by atoms with Crippen LogP contribution < -0.4 is 25.4 Å². The molecule has 4 N–H and O–H groups in total. The van der Waals surface area contributed by atoms with E-state index in [1.165, 1.54) is 19.5 Å². The number of hydrogen-bond donors (Lipinski definition) is 4. The number of nitrogens with zero attached hydrogens (tertiary/aromatic N) is 3. The maximum absolute atomic E-state index is 10.3. The predicted molar refractivity (Wildman–Crippen MR) is 123 cm³/mol. The molecule has 31 heavy (non-hydrogen) atoms. The number of aliphatic hydroxyl groups excluding tert-OH is 1. The van der Waals surface area contributed by atoms with Crippen LogP contribution in [0.15, 0.2) is 24.3 Å². The summed E-state index contributed by atoms with van der Waals surface area (Å²) in [7, 11) is 3.41. The van der Waals surface area contributed by atoms with Gasteiger partial charge < -0.3 is 35.4 Å². The van der Waals surface area contributed by atoms with Gasteiger partial charge in [-0.2, -0.15) is 4.98 Å². The molecular weight excluding hydrogens is 396 g/mol. The van der Waals surface area contributed by atoms with E-state index in [0.29, 0.717) is 24.0 Å². The molecule has 1 aromatic heterocycles. The third-order valence-corrected chi connectivity index (χ3v) is 5.12. The average Bonchev–Trinajstić information content (AvgIpc) is 2.73. The van der Waals surface area contributed by atoms with Crippen molar-refractivity contribution in [2.45, 2.75) is 25.9 Å². The van der Waals surface area contributed by atoms with Crippen molar-refractivity contribution in [2.24, 2.45) is 0 Å². The number of anilines is 3. The van der Waals surface area contributed by atoms with Gasteiger partial charge in [0, 0.05) is 37.1 Å². The molecule has 1 saturated heterocycles. The van der Waals surface area contributed by atoms with Crippen LogP contribution in [0.3, 0.4) is 0 Å². The van der Waals surface area contributed by atoms with E-state index in [2.05, 4.69) is 30.8 Å². The van der Waals surface area contributed by atoms with Crippen molar-refractivity contribution >= 4 is 17.5 Å². The molecule has 0 bridgehead atoms. The van der Waals surface area contributed by atoms with Gasteiger partial charge in [0.1, 0.15) is 18.5 Å². The Kier molecular flexibility index (Phi) is 8.69. The maximum Gasteiger partial charge on any atom is 0.229 e. The molecule has 0 unspecified atom stereocenters. The largest absolute Gasteiger partial charge is 0.493 e. The molecule has 0 aliphatic carbocycles. The second-order valence-corrected chi connectivity index (χ2v) is 7.68. The van der Waals surface area contributed by atoms with Crippen LogP contribution in [0.25, 0.3) is 0 Å².